The van der Waals surface area contributed by atoms with Crippen LogP contribution in [0.4, 0.5) is 4.39 Å². The zero-order valence-electron chi connectivity index (χ0n) is 17.6. The van der Waals surface area contributed by atoms with Crippen molar-refractivity contribution in [2.45, 2.75) is 18.9 Å². The number of rotatable bonds is 5. The summed E-state index contributed by atoms with van der Waals surface area (Å²) >= 11 is 6.39. The minimum atomic E-state index is -0.733. The van der Waals surface area contributed by atoms with Gasteiger partial charge < -0.3 is 14.5 Å². The lowest BCUT2D eigenvalue weighted by atomic mass is 9.94. The van der Waals surface area contributed by atoms with Crippen LogP contribution in [0.25, 0.3) is 0 Å². The minimum absolute atomic E-state index is 0.207. The van der Waals surface area contributed by atoms with E-state index in [4.69, 9.17) is 21.3 Å². The third-order valence-electron chi connectivity index (χ3n) is 5.88. The number of hydrogen-bond donors (Lipinski definition) is 1. The van der Waals surface area contributed by atoms with Crippen LogP contribution < -0.4 is 5.32 Å². The molecule has 1 fully saturated rings. The molecule has 1 N–H and O–H groups in total. The van der Waals surface area contributed by atoms with Gasteiger partial charge in [-0.25, -0.2) is 9.18 Å². The van der Waals surface area contributed by atoms with E-state index in [1.807, 2.05) is 18.2 Å². The molecular formula is C23H25ClFN4O2+. The zero-order chi connectivity index (χ0) is 22.0. The van der Waals surface area contributed by atoms with E-state index in [0.29, 0.717) is 29.2 Å². The fourth-order valence-corrected chi connectivity index (χ4v) is 4.56. The molecule has 4 rings (SSSR count). The number of benzene rings is 1. The van der Waals surface area contributed by atoms with Gasteiger partial charge >= 0.3 is 5.97 Å². The Kier molecular flexibility index (Phi) is 6.07. The molecular weight excluding hydrogens is 419 g/mol. The smallest absolute Gasteiger partial charge is 0.338 e. The number of carbonyl (C=O) groups excluding carboxylic acids is 1. The van der Waals surface area contributed by atoms with Gasteiger partial charge in [0.05, 0.1) is 38.5 Å². The highest BCUT2D eigenvalue weighted by molar-refractivity contribution is 6.31. The van der Waals surface area contributed by atoms with Crippen LogP contribution in [0.1, 0.15) is 30.1 Å². The Balaban J connectivity index is 1.87. The monoisotopic (exact) mass is 443 g/mol. The highest BCUT2D eigenvalue weighted by atomic mass is 35.5. The number of aromatic nitrogens is 1. The van der Waals surface area contributed by atoms with Gasteiger partial charge in [0, 0.05) is 29.6 Å². The normalized spacial score (nSPS) is 20.3. The Labute approximate surface area is 186 Å². The SMILES string of the molecule is COC(=O)C1=C(C[N+]2(C)CCCC2)NC(c2ccccn2)=NC1c1ccc(F)cc1Cl. The lowest BCUT2D eigenvalue weighted by molar-refractivity contribution is -0.893. The number of likely N-dealkylation sites (N-methyl/N-ethyl adjacent to an activating group) is 1. The average molecular weight is 444 g/mol. The molecule has 0 saturated carbocycles. The number of hydrogen-bond acceptors (Lipinski definition) is 5. The first-order chi connectivity index (χ1) is 14.9. The number of aliphatic imine (C=N–C) groups is 1. The number of pyridine rings is 1. The van der Waals surface area contributed by atoms with Crippen molar-refractivity contribution in [1.82, 2.24) is 10.3 Å². The Hall–Kier alpha value is -2.77. The molecule has 1 aromatic carbocycles. The van der Waals surface area contributed by atoms with Crippen molar-refractivity contribution in [3.63, 3.8) is 0 Å². The Morgan fingerprint density at radius 3 is 2.71 bits per heavy atom. The van der Waals surface area contributed by atoms with Crippen molar-refractivity contribution >= 4 is 23.4 Å². The van der Waals surface area contributed by atoms with Gasteiger partial charge in [-0.3, -0.25) is 9.98 Å². The number of amidine groups is 1. The maximum Gasteiger partial charge on any atom is 0.338 e. The first kappa shape index (κ1) is 21.5. The molecule has 1 saturated heterocycles. The first-order valence-electron chi connectivity index (χ1n) is 10.3. The van der Waals surface area contributed by atoms with Crippen LogP contribution in [-0.4, -0.2) is 55.1 Å². The highest BCUT2D eigenvalue weighted by Gasteiger charge is 2.37. The van der Waals surface area contributed by atoms with E-state index >= 15 is 0 Å². The molecule has 1 unspecified atom stereocenters. The number of quaternary nitrogens is 1. The molecule has 2 aliphatic rings. The van der Waals surface area contributed by atoms with Crippen LogP contribution in [0.15, 0.2) is 58.9 Å². The molecule has 0 bridgehead atoms. The molecule has 1 atom stereocenters. The van der Waals surface area contributed by atoms with E-state index in [-0.39, 0.29) is 5.02 Å². The van der Waals surface area contributed by atoms with Crippen LogP contribution in [0.5, 0.6) is 0 Å². The standard InChI is InChI=1S/C23H24ClFN4O2/c1-29(11-5-6-12-29)14-19-20(23(30)31-2)21(16-9-8-15(25)13-17(16)24)28-22(27-19)18-7-3-4-10-26-18/h3-4,7-10,13,21H,5-6,11-12,14H2,1-2H3/p+1. The summed E-state index contributed by atoms with van der Waals surface area (Å²) in [6.07, 6.45) is 3.98. The van der Waals surface area contributed by atoms with Gasteiger partial charge in [-0.2, -0.15) is 0 Å². The first-order valence-corrected chi connectivity index (χ1v) is 10.6. The third kappa shape index (κ3) is 4.48. The van der Waals surface area contributed by atoms with E-state index < -0.39 is 17.8 Å². The number of nitrogens with one attached hydrogen (secondary N) is 1. The van der Waals surface area contributed by atoms with Crippen molar-refractivity contribution in [2.24, 2.45) is 4.99 Å². The maximum absolute atomic E-state index is 13.7. The number of carbonyl (C=O) groups is 1. The number of likely N-dealkylation sites (tertiary alicyclic amines) is 1. The molecule has 0 radical (unpaired) electrons. The summed E-state index contributed by atoms with van der Waals surface area (Å²) in [5, 5.41) is 3.56. The van der Waals surface area contributed by atoms with Crippen molar-refractivity contribution in [3.05, 3.63) is 76.0 Å². The van der Waals surface area contributed by atoms with Gasteiger partial charge in [0.1, 0.15) is 24.1 Å². The van der Waals surface area contributed by atoms with E-state index in [2.05, 4.69) is 17.3 Å². The fraction of sp³-hybridized carbons (Fsp3) is 0.348. The van der Waals surface area contributed by atoms with E-state index in [9.17, 15) is 9.18 Å². The van der Waals surface area contributed by atoms with Crippen LogP contribution in [-0.2, 0) is 9.53 Å². The molecule has 8 heteroatoms. The lowest BCUT2D eigenvalue weighted by Gasteiger charge is -2.34. The number of nitrogens with zero attached hydrogens (tertiary/aromatic N) is 3. The minimum Gasteiger partial charge on any atom is -0.466 e. The summed E-state index contributed by atoms with van der Waals surface area (Å²) in [6, 6.07) is 8.94. The molecule has 31 heavy (non-hydrogen) atoms. The number of methoxy groups -OCH3 is 1. The molecule has 1 aromatic heterocycles. The average Bonchev–Trinajstić information content (AvgIpc) is 3.19. The Morgan fingerprint density at radius 2 is 2.06 bits per heavy atom. The summed E-state index contributed by atoms with van der Waals surface area (Å²) in [5.41, 5.74) is 2.32. The van der Waals surface area contributed by atoms with Gasteiger partial charge in [-0.05, 0) is 24.3 Å². The second-order valence-corrected chi connectivity index (χ2v) is 8.61. The Morgan fingerprint density at radius 1 is 1.29 bits per heavy atom. The summed E-state index contributed by atoms with van der Waals surface area (Å²) < 4.78 is 19.7. The number of halogens is 2. The van der Waals surface area contributed by atoms with Crippen molar-refractivity contribution in [3.8, 4) is 0 Å². The van der Waals surface area contributed by atoms with Gasteiger partial charge in [-0.1, -0.05) is 23.7 Å². The van der Waals surface area contributed by atoms with Crippen LogP contribution in [0.3, 0.4) is 0 Å². The summed E-state index contributed by atoms with van der Waals surface area (Å²) in [7, 11) is 3.53. The summed E-state index contributed by atoms with van der Waals surface area (Å²) in [5.74, 6) is -0.391. The van der Waals surface area contributed by atoms with Gasteiger partial charge in [0.15, 0.2) is 5.84 Å². The van der Waals surface area contributed by atoms with Gasteiger partial charge in [0.2, 0.25) is 0 Å². The molecule has 0 amide bonds. The van der Waals surface area contributed by atoms with E-state index in [0.717, 1.165) is 36.1 Å². The van der Waals surface area contributed by atoms with E-state index in [1.54, 1.807) is 12.3 Å². The predicted molar refractivity (Wildman–Crippen MR) is 117 cm³/mol. The zero-order valence-corrected chi connectivity index (χ0v) is 18.3. The van der Waals surface area contributed by atoms with E-state index in [1.165, 1.54) is 19.2 Å². The van der Waals surface area contributed by atoms with Crippen LogP contribution in [0.2, 0.25) is 5.02 Å². The van der Waals surface area contributed by atoms with Crippen LogP contribution in [0, 0.1) is 5.82 Å². The molecule has 0 spiro atoms. The van der Waals surface area contributed by atoms with Crippen molar-refractivity contribution in [2.75, 3.05) is 33.8 Å². The topological polar surface area (TPSA) is 63.6 Å². The largest absolute Gasteiger partial charge is 0.466 e. The summed E-state index contributed by atoms with van der Waals surface area (Å²) in [6.45, 7) is 2.67. The second kappa shape index (κ2) is 8.77. The van der Waals surface area contributed by atoms with Gasteiger partial charge in [-0.15, -0.1) is 0 Å². The third-order valence-corrected chi connectivity index (χ3v) is 6.21. The quantitative estimate of drug-likeness (QED) is 0.566. The molecule has 6 nitrogen and oxygen atoms in total. The number of esters is 1. The lowest BCUT2D eigenvalue weighted by Crippen LogP contribution is -2.47. The molecule has 3 heterocycles. The fourth-order valence-electron chi connectivity index (χ4n) is 4.29. The maximum atomic E-state index is 13.7. The second-order valence-electron chi connectivity index (χ2n) is 8.20. The van der Waals surface area contributed by atoms with Crippen LogP contribution >= 0.6 is 11.6 Å². The predicted octanol–water partition coefficient (Wildman–Crippen LogP) is 3.63. The molecule has 2 aliphatic heterocycles. The molecule has 2 aromatic rings. The summed E-state index contributed by atoms with van der Waals surface area (Å²) in [4.78, 5) is 22.1. The van der Waals surface area contributed by atoms with Crippen molar-refractivity contribution < 1.29 is 18.4 Å². The number of ether oxygens (including phenoxy) is 1. The molecule has 162 valence electrons. The Bertz CT molecular complexity index is 1050. The highest BCUT2D eigenvalue weighted by Crippen LogP contribution is 2.37. The van der Waals surface area contributed by atoms with Crippen molar-refractivity contribution in [1.29, 1.82) is 0 Å². The molecule has 0 aliphatic carbocycles. The van der Waals surface area contributed by atoms with Gasteiger partial charge in [0.25, 0.3) is 0 Å².